The molecule has 6 nitrogen and oxygen atoms in total. The number of methoxy groups -OCH3 is 1. The van der Waals surface area contributed by atoms with Crippen LogP contribution in [0.1, 0.15) is 43.2 Å². The Morgan fingerprint density at radius 1 is 1.05 bits per heavy atom. The summed E-state index contributed by atoms with van der Waals surface area (Å²) in [5.74, 6) is 0.725. The second kappa shape index (κ2) is 10.1. The highest BCUT2D eigenvalue weighted by Crippen LogP contribution is 2.44. The zero-order valence-electron chi connectivity index (χ0n) is 22.6. The highest BCUT2D eigenvalue weighted by molar-refractivity contribution is 6.34. The summed E-state index contributed by atoms with van der Waals surface area (Å²) < 4.78 is 7.72. The fourth-order valence-corrected chi connectivity index (χ4v) is 5.47. The lowest BCUT2D eigenvalue weighted by Gasteiger charge is -2.35. The minimum atomic E-state index is -0.140. The van der Waals surface area contributed by atoms with Crippen LogP contribution >= 0.6 is 23.2 Å². The van der Waals surface area contributed by atoms with E-state index in [1.165, 1.54) is 0 Å². The highest BCUT2D eigenvalue weighted by atomic mass is 35.5. The molecule has 1 aliphatic rings. The predicted molar refractivity (Wildman–Crippen MR) is 157 cm³/mol. The lowest BCUT2D eigenvalue weighted by Crippen LogP contribution is -2.36. The van der Waals surface area contributed by atoms with Crippen LogP contribution in [0.15, 0.2) is 55.4 Å². The number of rotatable bonds is 5. The Morgan fingerprint density at radius 3 is 2.41 bits per heavy atom. The van der Waals surface area contributed by atoms with Gasteiger partial charge in [-0.1, -0.05) is 29.8 Å². The summed E-state index contributed by atoms with van der Waals surface area (Å²) in [4.78, 5) is 6.43. The van der Waals surface area contributed by atoms with Crippen molar-refractivity contribution >= 4 is 28.9 Å². The van der Waals surface area contributed by atoms with Crippen molar-refractivity contribution in [2.45, 2.75) is 39.2 Å². The molecule has 0 spiro atoms. The third-order valence-corrected chi connectivity index (χ3v) is 7.70. The largest absolute Gasteiger partial charge is 0.496 e. The molecule has 0 atom stereocenters. The van der Waals surface area contributed by atoms with E-state index in [4.69, 9.17) is 33.0 Å². The van der Waals surface area contributed by atoms with Crippen LogP contribution in [0.2, 0.25) is 10.0 Å². The van der Waals surface area contributed by atoms with E-state index in [0.717, 1.165) is 69.2 Å². The molecular weight excluding hydrogens is 529 g/mol. The van der Waals surface area contributed by atoms with Crippen LogP contribution in [0.25, 0.3) is 33.8 Å². The average molecular weight is 559 g/mol. The van der Waals surface area contributed by atoms with Crippen molar-refractivity contribution in [2.24, 2.45) is 0 Å². The topological polar surface area (TPSA) is 67.0 Å². The lowest BCUT2D eigenvalue weighted by atomic mass is 9.85. The predicted octanol–water partition coefficient (Wildman–Crippen LogP) is 7.59. The molecule has 5 rings (SSSR count). The number of aromatic nitrogens is 3. The zero-order valence-corrected chi connectivity index (χ0v) is 24.2. The molecule has 2 heterocycles. The molecule has 0 amide bonds. The number of ether oxygens (including phenoxy) is 1. The Kier molecular flexibility index (Phi) is 6.92. The number of halogens is 2. The van der Waals surface area contributed by atoms with Crippen LogP contribution in [-0.2, 0) is 12.8 Å². The van der Waals surface area contributed by atoms with E-state index in [-0.39, 0.29) is 5.54 Å². The normalized spacial score (nSPS) is 12.4. The maximum Gasteiger partial charge on any atom is 0.127 e. The molecule has 1 aliphatic carbocycles. The molecule has 39 heavy (non-hydrogen) atoms. The summed E-state index contributed by atoms with van der Waals surface area (Å²) in [5.41, 5.74) is 8.67. The average Bonchev–Trinajstić information content (AvgIpc) is 3.30. The van der Waals surface area contributed by atoms with Gasteiger partial charge in [0.2, 0.25) is 0 Å². The number of pyridine rings is 1. The highest BCUT2D eigenvalue weighted by Gasteiger charge is 2.31. The van der Waals surface area contributed by atoms with E-state index in [0.29, 0.717) is 15.6 Å². The Bertz CT molecular complexity index is 1640. The summed E-state index contributed by atoms with van der Waals surface area (Å²) in [7, 11) is 3.70. The first-order valence-electron chi connectivity index (χ1n) is 12.6. The molecular formula is C31H29Cl2N5O. The number of aryl methyl sites for hydroxylation is 1. The Labute approximate surface area is 239 Å². The van der Waals surface area contributed by atoms with E-state index in [2.05, 4.69) is 55.4 Å². The minimum Gasteiger partial charge on any atom is -0.496 e. The molecule has 0 unspecified atom stereocenters. The summed E-state index contributed by atoms with van der Waals surface area (Å²) in [6.07, 6.45) is 4.90. The van der Waals surface area contributed by atoms with Crippen LogP contribution < -0.4 is 4.74 Å². The SMILES string of the molecule is C=C(c1nn(-c2cc(Cl)cc(Cl)c2)c2c1CCc1cc(OC)c(-c3cncc(C#N)c3)cc1-2)N(C)C(C)(C)C. The fraction of sp³-hybridized carbons (Fsp3) is 0.258. The first-order chi connectivity index (χ1) is 18.5. The van der Waals surface area contributed by atoms with Crippen molar-refractivity contribution in [3.05, 3.63) is 87.8 Å². The molecule has 0 saturated heterocycles. The van der Waals surface area contributed by atoms with Crippen LogP contribution in [0.3, 0.4) is 0 Å². The first-order valence-corrected chi connectivity index (χ1v) is 13.4. The van der Waals surface area contributed by atoms with Crippen molar-refractivity contribution in [3.63, 3.8) is 0 Å². The fourth-order valence-electron chi connectivity index (χ4n) is 4.96. The molecule has 0 bridgehead atoms. The molecule has 0 saturated carbocycles. The van der Waals surface area contributed by atoms with Gasteiger partial charge in [-0.25, -0.2) is 4.68 Å². The molecule has 2 aromatic carbocycles. The lowest BCUT2D eigenvalue weighted by molar-refractivity contribution is 0.265. The second-order valence-electron chi connectivity index (χ2n) is 10.7. The summed E-state index contributed by atoms with van der Waals surface area (Å²) in [5, 5.41) is 15.6. The second-order valence-corrected chi connectivity index (χ2v) is 11.5. The van der Waals surface area contributed by atoms with Gasteiger partial charge in [0.15, 0.2) is 0 Å². The monoisotopic (exact) mass is 557 g/mol. The third-order valence-electron chi connectivity index (χ3n) is 7.26. The zero-order chi connectivity index (χ0) is 28.1. The van der Waals surface area contributed by atoms with Crippen molar-refractivity contribution in [3.8, 4) is 39.9 Å². The van der Waals surface area contributed by atoms with Crippen LogP contribution in [0, 0.1) is 11.3 Å². The molecule has 8 heteroatoms. The van der Waals surface area contributed by atoms with Gasteiger partial charge in [-0.3, -0.25) is 4.98 Å². The first kappa shape index (κ1) is 26.8. The molecule has 0 radical (unpaired) electrons. The van der Waals surface area contributed by atoms with E-state index in [9.17, 15) is 5.26 Å². The van der Waals surface area contributed by atoms with Gasteiger partial charge in [0.05, 0.1) is 29.8 Å². The van der Waals surface area contributed by atoms with Crippen LogP contribution in [-0.4, -0.2) is 39.4 Å². The molecule has 0 fully saturated rings. The summed E-state index contributed by atoms with van der Waals surface area (Å²) >= 11 is 12.9. The van der Waals surface area contributed by atoms with Gasteiger partial charge in [0, 0.05) is 57.3 Å². The number of nitrogens with zero attached hydrogens (tertiary/aromatic N) is 5. The molecule has 0 aliphatic heterocycles. The number of fused-ring (bicyclic) bond motifs is 3. The number of nitriles is 1. The van der Waals surface area contributed by atoms with Crippen molar-refractivity contribution in [1.29, 1.82) is 5.26 Å². The molecule has 0 N–H and O–H groups in total. The summed E-state index contributed by atoms with van der Waals surface area (Å²) in [6, 6.07) is 13.6. The van der Waals surface area contributed by atoms with E-state index in [1.807, 2.05) is 29.9 Å². The molecule has 4 aromatic rings. The Hall–Kier alpha value is -3.79. The quantitative estimate of drug-likeness (QED) is 0.253. The number of benzene rings is 2. The molecule has 198 valence electrons. The van der Waals surface area contributed by atoms with Gasteiger partial charge < -0.3 is 9.64 Å². The van der Waals surface area contributed by atoms with Gasteiger partial charge in [-0.05, 0) is 75.6 Å². The van der Waals surface area contributed by atoms with E-state index in [1.54, 1.807) is 25.6 Å². The minimum absolute atomic E-state index is 0.140. The standard InChI is InChI=1S/C31H29Cl2N5O/c1-18(37(5)31(2,3)4)29-25-8-7-20-10-28(39-6)26(21-9-19(15-34)16-35-17-21)14-27(20)30(25)38(36-29)24-12-22(32)11-23(33)13-24/h9-14,16-17H,1,7-8H2,2-6H3. The van der Waals surface area contributed by atoms with Gasteiger partial charge in [-0.2, -0.15) is 10.4 Å². The number of hydrogen-bond acceptors (Lipinski definition) is 5. The van der Waals surface area contributed by atoms with Gasteiger partial charge in [0.1, 0.15) is 17.5 Å². The van der Waals surface area contributed by atoms with Crippen molar-refractivity contribution < 1.29 is 4.74 Å². The Balaban J connectivity index is 1.80. The van der Waals surface area contributed by atoms with Crippen molar-refractivity contribution in [2.75, 3.05) is 14.2 Å². The van der Waals surface area contributed by atoms with Gasteiger partial charge in [0.25, 0.3) is 0 Å². The van der Waals surface area contributed by atoms with Crippen LogP contribution in [0.5, 0.6) is 5.75 Å². The molecule has 2 aromatic heterocycles. The van der Waals surface area contributed by atoms with Crippen LogP contribution in [0.4, 0.5) is 0 Å². The van der Waals surface area contributed by atoms with E-state index >= 15 is 0 Å². The van der Waals surface area contributed by atoms with E-state index < -0.39 is 0 Å². The maximum atomic E-state index is 9.45. The Morgan fingerprint density at radius 2 is 1.77 bits per heavy atom. The third kappa shape index (κ3) is 4.89. The van der Waals surface area contributed by atoms with Gasteiger partial charge in [-0.15, -0.1) is 0 Å². The number of hydrogen-bond donors (Lipinski definition) is 0. The smallest absolute Gasteiger partial charge is 0.127 e. The summed E-state index contributed by atoms with van der Waals surface area (Å²) in [6.45, 7) is 10.9. The van der Waals surface area contributed by atoms with Gasteiger partial charge >= 0.3 is 0 Å². The maximum absolute atomic E-state index is 9.45. The van der Waals surface area contributed by atoms with Crippen molar-refractivity contribution in [1.82, 2.24) is 19.7 Å².